The van der Waals surface area contributed by atoms with Gasteiger partial charge < -0.3 is 15.2 Å². The highest BCUT2D eigenvalue weighted by Gasteiger charge is 2.30. The topological polar surface area (TPSA) is 88.5 Å². The number of carboxylic acid groups (broad SMARTS) is 1. The Hall–Kier alpha value is -2.71. The van der Waals surface area contributed by atoms with Gasteiger partial charge in [0.2, 0.25) is 0 Å². The number of rotatable bonds is 6. The Kier molecular flexibility index (Phi) is 5.64. The summed E-state index contributed by atoms with van der Waals surface area (Å²) in [7, 11) is 0. The van der Waals surface area contributed by atoms with Gasteiger partial charge in [0.05, 0.1) is 28.0 Å². The van der Waals surface area contributed by atoms with Gasteiger partial charge in [0.15, 0.2) is 0 Å². The number of carbonyl (C=O) groups excluding carboxylic acids is 1. The van der Waals surface area contributed by atoms with Gasteiger partial charge in [-0.15, -0.1) is 0 Å². The summed E-state index contributed by atoms with van der Waals surface area (Å²) >= 11 is 4.47. The van der Waals surface area contributed by atoms with Gasteiger partial charge in [0.1, 0.15) is 6.61 Å². The van der Waals surface area contributed by atoms with E-state index >= 15 is 0 Å². The van der Waals surface area contributed by atoms with Crippen LogP contribution >= 0.6 is 27.5 Å². The van der Waals surface area contributed by atoms with Crippen molar-refractivity contribution in [2.45, 2.75) is 18.4 Å². The van der Waals surface area contributed by atoms with Gasteiger partial charge in [0.25, 0.3) is 0 Å². The Bertz CT molecular complexity index is 1020. The molecule has 0 fully saturated rings. The maximum atomic E-state index is 12.5. The van der Waals surface area contributed by atoms with E-state index in [0.717, 1.165) is 33.8 Å². The number of aromatic nitrogens is 1. The van der Waals surface area contributed by atoms with Crippen LogP contribution in [0.25, 0.3) is 11.1 Å². The van der Waals surface area contributed by atoms with E-state index < -0.39 is 18.1 Å². The first-order valence-electron chi connectivity index (χ1n) is 8.98. The minimum atomic E-state index is -1.02. The van der Waals surface area contributed by atoms with E-state index in [1.54, 1.807) is 6.20 Å². The quantitative estimate of drug-likeness (QED) is 0.529. The van der Waals surface area contributed by atoms with E-state index in [1.165, 1.54) is 0 Å². The summed E-state index contributed by atoms with van der Waals surface area (Å²) in [5, 5.41) is 11.8. The van der Waals surface area contributed by atoms with Gasteiger partial charge >= 0.3 is 12.1 Å². The number of aliphatic carboxylic acids is 1. The number of hydrogen-bond acceptors (Lipinski definition) is 5. The zero-order valence-electron chi connectivity index (χ0n) is 15.2. The minimum absolute atomic E-state index is 0.0544. The number of alkyl carbamates (subject to hydrolysis) is 1. The molecule has 148 valence electrons. The fraction of sp³-hybridized carbons (Fsp3) is 0.190. The Morgan fingerprint density at radius 1 is 1.14 bits per heavy atom. The second kappa shape index (κ2) is 8.34. The average molecular weight is 473 g/mol. The molecule has 0 unspecified atom stereocenters. The van der Waals surface area contributed by atoms with Crippen molar-refractivity contribution in [1.29, 1.82) is 0 Å². The lowest BCUT2D eigenvalue weighted by atomic mass is 9.98. The number of benzene rings is 2. The third-order valence-electron chi connectivity index (χ3n) is 4.88. The molecular weight excluding hydrogens is 456 g/mol. The fourth-order valence-corrected chi connectivity index (χ4v) is 5.05. The predicted molar refractivity (Wildman–Crippen MR) is 113 cm³/mol. The first-order valence-corrected chi connectivity index (χ1v) is 10.5. The lowest BCUT2D eigenvalue weighted by Crippen LogP contribution is -2.31. The van der Waals surface area contributed by atoms with E-state index in [9.17, 15) is 14.7 Å². The summed E-state index contributed by atoms with van der Waals surface area (Å²) in [6.45, 7) is 0.170. The summed E-state index contributed by atoms with van der Waals surface area (Å²) in [6, 6.07) is 15.4. The van der Waals surface area contributed by atoms with Gasteiger partial charge in [-0.3, -0.25) is 4.79 Å². The van der Waals surface area contributed by atoms with Crippen LogP contribution in [0, 0.1) is 0 Å². The highest BCUT2D eigenvalue weighted by molar-refractivity contribution is 9.10. The van der Waals surface area contributed by atoms with E-state index in [0.29, 0.717) is 9.35 Å². The Labute approximate surface area is 179 Å². The van der Waals surface area contributed by atoms with Crippen LogP contribution < -0.4 is 5.32 Å². The molecule has 0 aliphatic heterocycles. The maximum Gasteiger partial charge on any atom is 0.407 e. The van der Waals surface area contributed by atoms with Crippen LogP contribution in [0.1, 0.15) is 34.4 Å². The molecule has 0 spiro atoms. The first kappa shape index (κ1) is 19.6. The lowest BCUT2D eigenvalue weighted by molar-refractivity contribution is -0.137. The van der Waals surface area contributed by atoms with Crippen molar-refractivity contribution < 1.29 is 19.4 Å². The first-order chi connectivity index (χ1) is 14.0. The van der Waals surface area contributed by atoms with E-state index in [-0.39, 0.29) is 18.9 Å². The Morgan fingerprint density at radius 2 is 1.76 bits per heavy atom. The molecule has 0 bridgehead atoms. The summed E-state index contributed by atoms with van der Waals surface area (Å²) < 4.78 is 10.2. The molecule has 2 aromatic carbocycles. The number of amides is 1. The maximum absolute atomic E-state index is 12.5. The molecule has 1 amide bonds. The zero-order valence-corrected chi connectivity index (χ0v) is 17.6. The molecule has 1 aliphatic rings. The summed E-state index contributed by atoms with van der Waals surface area (Å²) in [6.07, 6.45) is 0.664. The molecule has 2 N–H and O–H groups in total. The van der Waals surface area contributed by atoms with Crippen molar-refractivity contribution in [2.75, 3.05) is 6.61 Å². The number of carbonyl (C=O) groups is 2. The molecule has 29 heavy (non-hydrogen) atoms. The number of carboxylic acids is 1. The standard InChI is InChI=1S/C21H17BrN2O4S/c22-17-10-23-29-20(17)18(9-19(25)26)24-21(27)28-11-16-14-7-3-1-5-12(14)13-6-2-4-8-15(13)16/h1-8,10,16,18H,9,11H2,(H,24,27)(H,25,26)/t18-/m1/s1. The number of nitrogens with one attached hydrogen (secondary N) is 1. The van der Waals surface area contributed by atoms with Crippen LogP contribution in [-0.2, 0) is 9.53 Å². The van der Waals surface area contributed by atoms with Crippen molar-refractivity contribution in [2.24, 2.45) is 0 Å². The number of hydrogen-bond donors (Lipinski definition) is 2. The molecule has 1 aromatic heterocycles. The molecule has 1 atom stereocenters. The van der Waals surface area contributed by atoms with Gasteiger partial charge in [-0.2, -0.15) is 4.37 Å². The number of ether oxygens (including phenoxy) is 1. The van der Waals surface area contributed by atoms with Crippen molar-refractivity contribution in [3.63, 3.8) is 0 Å². The van der Waals surface area contributed by atoms with Crippen molar-refractivity contribution in [1.82, 2.24) is 9.69 Å². The van der Waals surface area contributed by atoms with E-state index in [1.807, 2.05) is 36.4 Å². The SMILES string of the molecule is O=C(O)C[C@@H](NC(=O)OCC1c2ccccc2-c2ccccc21)c1sncc1Br. The smallest absolute Gasteiger partial charge is 0.407 e. The molecule has 0 radical (unpaired) electrons. The second-order valence-corrected chi connectivity index (χ2v) is 8.35. The molecule has 1 aliphatic carbocycles. The van der Waals surface area contributed by atoms with Crippen LogP contribution in [-0.4, -0.2) is 28.1 Å². The van der Waals surface area contributed by atoms with Gasteiger partial charge in [0, 0.05) is 5.92 Å². The second-order valence-electron chi connectivity index (χ2n) is 6.66. The van der Waals surface area contributed by atoms with Crippen LogP contribution in [0.3, 0.4) is 0 Å². The zero-order chi connectivity index (χ0) is 20.4. The summed E-state index contributed by atoms with van der Waals surface area (Å²) in [5.41, 5.74) is 4.53. The molecule has 3 aromatic rings. The van der Waals surface area contributed by atoms with E-state index in [2.05, 4.69) is 37.8 Å². The monoisotopic (exact) mass is 472 g/mol. The van der Waals surface area contributed by atoms with E-state index in [4.69, 9.17) is 4.74 Å². The van der Waals surface area contributed by atoms with Crippen molar-refractivity contribution in [3.8, 4) is 11.1 Å². The number of halogens is 1. The molecule has 0 saturated heterocycles. The van der Waals surface area contributed by atoms with Gasteiger partial charge in [-0.05, 0) is 49.7 Å². The Balaban J connectivity index is 1.48. The Morgan fingerprint density at radius 3 is 2.31 bits per heavy atom. The van der Waals surface area contributed by atoms with Crippen molar-refractivity contribution in [3.05, 3.63) is 75.2 Å². The van der Waals surface area contributed by atoms with Crippen LogP contribution in [0.2, 0.25) is 0 Å². The fourth-order valence-electron chi connectivity index (χ4n) is 3.63. The molecule has 4 rings (SSSR count). The normalized spacial score (nSPS) is 13.4. The lowest BCUT2D eigenvalue weighted by Gasteiger charge is -2.18. The predicted octanol–water partition coefficient (Wildman–Crippen LogP) is 4.96. The van der Waals surface area contributed by atoms with Crippen LogP contribution in [0.5, 0.6) is 0 Å². The highest BCUT2D eigenvalue weighted by atomic mass is 79.9. The van der Waals surface area contributed by atoms with Crippen LogP contribution in [0.15, 0.2) is 59.2 Å². The summed E-state index contributed by atoms with van der Waals surface area (Å²) in [4.78, 5) is 24.3. The third kappa shape index (κ3) is 4.04. The number of fused-ring (bicyclic) bond motifs is 3. The molecule has 0 saturated carbocycles. The largest absolute Gasteiger partial charge is 0.481 e. The van der Waals surface area contributed by atoms with Crippen LogP contribution in [0.4, 0.5) is 4.79 Å². The van der Waals surface area contributed by atoms with Gasteiger partial charge in [-0.25, -0.2) is 4.79 Å². The average Bonchev–Trinajstić information content (AvgIpc) is 3.27. The third-order valence-corrected chi connectivity index (χ3v) is 6.69. The van der Waals surface area contributed by atoms with Crippen molar-refractivity contribution >= 4 is 39.5 Å². The molecular formula is C21H17BrN2O4S. The molecule has 1 heterocycles. The molecule has 8 heteroatoms. The summed E-state index contributed by atoms with van der Waals surface area (Å²) in [5.74, 6) is -1.07. The minimum Gasteiger partial charge on any atom is -0.481 e. The number of nitrogens with zero attached hydrogens (tertiary/aromatic N) is 1. The molecule has 6 nitrogen and oxygen atoms in total. The van der Waals surface area contributed by atoms with Gasteiger partial charge in [-0.1, -0.05) is 48.5 Å². The highest BCUT2D eigenvalue weighted by Crippen LogP contribution is 2.44.